The monoisotopic (exact) mass is 287 g/mol. The van der Waals surface area contributed by atoms with Gasteiger partial charge in [0.1, 0.15) is 0 Å². The maximum Gasteiger partial charge on any atom is 0.0991 e. The van der Waals surface area contributed by atoms with Crippen molar-refractivity contribution in [3.8, 4) is 6.07 Å². The van der Waals surface area contributed by atoms with Gasteiger partial charge < -0.3 is 10.1 Å². The molecule has 1 saturated heterocycles. The molecule has 1 fully saturated rings. The lowest BCUT2D eigenvalue weighted by Gasteiger charge is -2.34. The van der Waals surface area contributed by atoms with Gasteiger partial charge in [-0.05, 0) is 23.6 Å². The molecule has 1 aromatic rings. The summed E-state index contributed by atoms with van der Waals surface area (Å²) in [6.07, 6.45) is 0.261. The molecule has 0 bridgehead atoms. The number of hydrogen-bond donors (Lipinski definition) is 1. The number of nitriles is 1. The van der Waals surface area contributed by atoms with Gasteiger partial charge in [-0.15, -0.1) is 0 Å². The molecule has 0 amide bonds. The van der Waals surface area contributed by atoms with Crippen molar-refractivity contribution < 1.29 is 4.74 Å². The summed E-state index contributed by atoms with van der Waals surface area (Å²) < 4.78 is 5.82. The Kier molecular flexibility index (Phi) is 6.19. The van der Waals surface area contributed by atoms with Crippen LogP contribution in [-0.2, 0) is 11.3 Å². The summed E-state index contributed by atoms with van der Waals surface area (Å²) >= 11 is 0. The molecule has 0 aromatic heterocycles. The highest BCUT2D eigenvalue weighted by atomic mass is 16.5. The zero-order chi connectivity index (χ0) is 15.1. The van der Waals surface area contributed by atoms with Gasteiger partial charge in [0.2, 0.25) is 0 Å². The normalized spacial score (nSPS) is 19.6. The second-order valence-corrected chi connectivity index (χ2v) is 6.09. The van der Waals surface area contributed by atoms with E-state index in [2.05, 4.69) is 30.1 Å². The average molecular weight is 287 g/mol. The van der Waals surface area contributed by atoms with Crippen LogP contribution in [0, 0.1) is 17.2 Å². The van der Waals surface area contributed by atoms with E-state index in [9.17, 15) is 0 Å². The average Bonchev–Trinajstić information content (AvgIpc) is 2.47. The Hall–Kier alpha value is -1.41. The van der Waals surface area contributed by atoms with Crippen LogP contribution in [0.4, 0.5) is 0 Å². The molecule has 4 heteroatoms. The molecular weight excluding hydrogens is 262 g/mol. The first-order valence-corrected chi connectivity index (χ1v) is 7.71. The predicted molar refractivity (Wildman–Crippen MR) is 83.9 cm³/mol. The molecule has 0 spiro atoms. The Morgan fingerprint density at radius 2 is 2.33 bits per heavy atom. The summed E-state index contributed by atoms with van der Waals surface area (Å²) in [4.78, 5) is 2.48. The third-order valence-corrected chi connectivity index (χ3v) is 3.60. The van der Waals surface area contributed by atoms with Gasteiger partial charge in [0.25, 0.3) is 0 Å². The van der Waals surface area contributed by atoms with E-state index in [4.69, 9.17) is 10.00 Å². The fourth-order valence-corrected chi connectivity index (χ4v) is 2.71. The Morgan fingerprint density at radius 3 is 3.10 bits per heavy atom. The summed E-state index contributed by atoms with van der Waals surface area (Å²) in [5.41, 5.74) is 1.86. The molecule has 1 aliphatic heterocycles. The van der Waals surface area contributed by atoms with Crippen LogP contribution in [0.5, 0.6) is 0 Å². The smallest absolute Gasteiger partial charge is 0.0991 e. The van der Waals surface area contributed by atoms with E-state index in [1.54, 1.807) is 0 Å². The molecule has 1 heterocycles. The topological polar surface area (TPSA) is 48.3 Å². The standard InChI is InChI=1S/C17H25N3O/c1-14(2)12-20-6-7-21-17(13-20)11-19-10-16-5-3-4-15(8-16)9-18/h3-5,8,14,17,19H,6-7,10-13H2,1-2H3. The third kappa shape index (κ3) is 5.47. The number of morpholine rings is 1. The van der Waals surface area contributed by atoms with Crippen molar-refractivity contribution in [2.24, 2.45) is 5.92 Å². The van der Waals surface area contributed by atoms with Crippen molar-refractivity contribution in [3.63, 3.8) is 0 Å². The lowest BCUT2D eigenvalue weighted by molar-refractivity contribution is -0.0303. The minimum absolute atomic E-state index is 0.261. The molecule has 2 rings (SSSR count). The van der Waals surface area contributed by atoms with Gasteiger partial charge in [0.15, 0.2) is 0 Å². The van der Waals surface area contributed by atoms with Crippen molar-refractivity contribution in [2.45, 2.75) is 26.5 Å². The predicted octanol–water partition coefficient (Wildman–Crippen LogP) is 2.00. The van der Waals surface area contributed by atoms with E-state index >= 15 is 0 Å². The maximum atomic E-state index is 8.90. The second kappa shape index (κ2) is 8.14. The van der Waals surface area contributed by atoms with Crippen molar-refractivity contribution in [2.75, 3.05) is 32.8 Å². The molecule has 1 aromatic carbocycles. The molecule has 0 radical (unpaired) electrons. The minimum Gasteiger partial charge on any atom is -0.374 e. The fraction of sp³-hybridized carbons (Fsp3) is 0.588. The molecule has 0 aliphatic carbocycles. The largest absolute Gasteiger partial charge is 0.374 e. The number of ether oxygens (including phenoxy) is 1. The van der Waals surface area contributed by atoms with Crippen LogP contribution in [0.1, 0.15) is 25.0 Å². The molecular formula is C17H25N3O. The molecule has 4 nitrogen and oxygen atoms in total. The van der Waals surface area contributed by atoms with Crippen LogP contribution in [0.2, 0.25) is 0 Å². The summed E-state index contributed by atoms with van der Waals surface area (Å²) in [7, 11) is 0. The van der Waals surface area contributed by atoms with Crippen molar-refractivity contribution in [1.29, 1.82) is 5.26 Å². The SMILES string of the molecule is CC(C)CN1CCOC(CNCc2cccc(C#N)c2)C1. The first-order chi connectivity index (χ1) is 10.2. The van der Waals surface area contributed by atoms with E-state index in [0.29, 0.717) is 11.5 Å². The highest BCUT2D eigenvalue weighted by Gasteiger charge is 2.20. The zero-order valence-corrected chi connectivity index (χ0v) is 13.0. The van der Waals surface area contributed by atoms with Crippen LogP contribution in [0.3, 0.4) is 0 Å². The van der Waals surface area contributed by atoms with Gasteiger partial charge in [0.05, 0.1) is 24.3 Å². The van der Waals surface area contributed by atoms with Crippen LogP contribution >= 0.6 is 0 Å². The fourth-order valence-electron chi connectivity index (χ4n) is 2.71. The van der Waals surface area contributed by atoms with E-state index in [0.717, 1.165) is 44.9 Å². The molecule has 1 atom stereocenters. The quantitative estimate of drug-likeness (QED) is 0.869. The van der Waals surface area contributed by atoms with E-state index in [-0.39, 0.29) is 6.10 Å². The Bertz CT molecular complexity index is 481. The van der Waals surface area contributed by atoms with Gasteiger partial charge in [-0.25, -0.2) is 0 Å². The van der Waals surface area contributed by atoms with Gasteiger partial charge in [-0.2, -0.15) is 5.26 Å². The molecule has 114 valence electrons. The lowest BCUT2D eigenvalue weighted by atomic mass is 10.1. The van der Waals surface area contributed by atoms with Gasteiger partial charge in [-0.1, -0.05) is 26.0 Å². The Labute approximate surface area is 127 Å². The lowest BCUT2D eigenvalue weighted by Crippen LogP contribution is -2.47. The summed E-state index contributed by atoms with van der Waals surface area (Å²) in [5.74, 6) is 0.699. The first kappa shape index (κ1) is 16.0. The minimum atomic E-state index is 0.261. The highest BCUT2D eigenvalue weighted by Crippen LogP contribution is 2.08. The third-order valence-electron chi connectivity index (χ3n) is 3.60. The number of rotatable bonds is 6. The second-order valence-electron chi connectivity index (χ2n) is 6.09. The van der Waals surface area contributed by atoms with Gasteiger partial charge in [0, 0.05) is 32.7 Å². The first-order valence-electron chi connectivity index (χ1n) is 7.71. The van der Waals surface area contributed by atoms with Crippen molar-refractivity contribution in [3.05, 3.63) is 35.4 Å². The van der Waals surface area contributed by atoms with Crippen LogP contribution in [0.25, 0.3) is 0 Å². The number of nitrogens with one attached hydrogen (secondary N) is 1. The molecule has 1 N–H and O–H groups in total. The van der Waals surface area contributed by atoms with Crippen LogP contribution in [-0.4, -0.2) is 43.8 Å². The van der Waals surface area contributed by atoms with E-state index in [1.807, 2.05) is 24.3 Å². The molecule has 1 aliphatic rings. The van der Waals surface area contributed by atoms with Crippen LogP contribution in [0.15, 0.2) is 24.3 Å². The Morgan fingerprint density at radius 1 is 1.48 bits per heavy atom. The summed E-state index contributed by atoms with van der Waals surface area (Å²) in [5, 5.41) is 12.3. The van der Waals surface area contributed by atoms with Crippen molar-refractivity contribution >= 4 is 0 Å². The number of hydrogen-bond acceptors (Lipinski definition) is 4. The summed E-state index contributed by atoms with van der Waals surface area (Å²) in [6.45, 7) is 10.1. The van der Waals surface area contributed by atoms with Gasteiger partial charge in [-0.3, -0.25) is 4.90 Å². The molecule has 0 saturated carbocycles. The van der Waals surface area contributed by atoms with E-state index < -0.39 is 0 Å². The maximum absolute atomic E-state index is 8.90. The number of benzene rings is 1. The van der Waals surface area contributed by atoms with Gasteiger partial charge >= 0.3 is 0 Å². The highest BCUT2D eigenvalue weighted by molar-refractivity contribution is 5.32. The van der Waals surface area contributed by atoms with Crippen molar-refractivity contribution in [1.82, 2.24) is 10.2 Å². The summed E-state index contributed by atoms with van der Waals surface area (Å²) in [6, 6.07) is 9.90. The van der Waals surface area contributed by atoms with Crippen LogP contribution < -0.4 is 5.32 Å². The molecule has 21 heavy (non-hydrogen) atoms. The Balaban J connectivity index is 1.74. The molecule has 1 unspecified atom stereocenters. The number of nitrogens with zero attached hydrogens (tertiary/aromatic N) is 2. The zero-order valence-electron chi connectivity index (χ0n) is 13.0. The van der Waals surface area contributed by atoms with E-state index in [1.165, 1.54) is 0 Å².